The lowest BCUT2D eigenvalue weighted by atomic mass is 10.1. The lowest BCUT2D eigenvalue weighted by molar-refractivity contribution is -0.167. The predicted octanol–water partition coefficient (Wildman–Crippen LogP) is 18.4. The van der Waals surface area contributed by atoms with E-state index < -0.39 is 6.10 Å². The Balaban J connectivity index is 4.50. The Morgan fingerprint density at radius 1 is 0.303 bits per heavy atom. The molecule has 1 atom stereocenters. The summed E-state index contributed by atoms with van der Waals surface area (Å²) in [5, 5.41) is 0. The largest absolute Gasteiger partial charge is 0.462 e. The van der Waals surface area contributed by atoms with Crippen molar-refractivity contribution in [1.29, 1.82) is 0 Å². The quantitative estimate of drug-likeness (QED) is 0.0262. The first-order valence-electron chi connectivity index (χ1n) is 27.6. The van der Waals surface area contributed by atoms with Crippen molar-refractivity contribution in [2.45, 2.75) is 264 Å². The molecule has 0 rings (SSSR count). The van der Waals surface area contributed by atoms with Crippen molar-refractivity contribution in [3.05, 3.63) is 85.1 Å². The molecule has 0 aliphatic rings. The molecule has 0 aromatic carbocycles. The zero-order valence-corrected chi connectivity index (χ0v) is 43.2. The molecule has 0 heterocycles. The molecule has 6 nitrogen and oxygen atoms in total. The van der Waals surface area contributed by atoms with Gasteiger partial charge in [-0.15, -0.1) is 0 Å². The summed E-state index contributed by atoms with van der Waals surface area (Å²) in [6, 6.07) is 0. The predicted molar refractivity (Wildman–Crippen MR) is 284 cm³/mol. The Kier molecular flexibility index (Phi) is 51.4. The van der Waals surface area contributed by atoms with Gasteiger partial charge >= 0.3 is 17.9 Å². The van der Waals surface area contributed by atoms with E-state index in [0.29, 0.717) is 19.3 Å². The standard InChI is InChI=1S/C60H102O6/c1-4-7-10-13-16-19-22-25-28-30-33-35-38-41-44-47-50-53-59(62)65-56-57(55-64-58(61)52-49-46-43-40-37-34-31-27-24-21-18-15-12-9-6-3)66-60(63)54-51-48-45-42-39-36-32-29-26-23-20-17-14-11-8-5-2/h16,18-19,21,25,27-29,31-33,35,37,40,57H,4-15,17,20,22-24,26,30,34,36,38-39,41-56H2,1-3H3/b19-16-,21-18-,28-25-,31-27-,32-29-,35-33-,40-37-/t57-/m1/s1. The smallest absolute Gasteiger partial charge is 0.306 e. The van der Waals surface area contributed by atoms with Gasteiger partial charge in [-0.3, -0.25) is 14.4 Å². The molecule has 0 unspecified atom stereocenters. The van der Waals surface area contributed by atoms with Crippen molar-refractivity contribution in [1.82, 2.24) is 0 Å². The second-order valence-corrected chi connectivity index (χ2v) is 18.1. The summed E-state index contributed by atoms with van der Waals surface area (Å²) in [5.74, 6) is -0.969. The second kappa shape index (κ2) is 54.2. The maximum Gasteiger partial charge on any atom is 0.306 e. The Labute approximate surface area is 407 Å². The zero-order chi connectivity index (χ0) is 47.9. The highest BCUT2D eigenvalue weighted by Gasteiger charge is 2.19. The summed E-state index contributed by atoms with van der Waals surface area (Å²) < 4.78 is 16.8. The Bertz CT molecular complexity index is 1290. The molecule has 378 valence electrons. The summed E-state index contributed by atoms with van der Waals surface area (Å²) in [6.07, 6.45) is 69.9. The molecule has 0 aromatic rings. The summed E-state index contributed by atoms with van der Waals surface area (Å²) in [7, 11) is 0. The third kappa shape index (κ3) is 51.6. The number of rotatable bonds is 49. The monoisotopic (exact) mass is 919 g/mol. The molecular weight excluding hydrogens is 817 g/mol. The fourth-order valence-electron chi connectivity index (χ4n) is 7.39. The van der Waals surface area contributed by atoms with Gasteiger partial charge in [0.25, 0.3) is 0 Å². The van der Waals surface area contributed by atoms with E-state index in [0.717, 1.165) is 109 Å². The molecule has 66 heavy (non-hydrogen) atoms. The van der Waals surface area contributed by atoms with Crippen LogP contribution in [0.5, 0.6) is 0 Å². The average molecular weight is 919 g/mol. The van der Waals surface area contributed by atoms with Crippen molar-refractivity contribution in [3.8, 4) is 0 Å². The molecule has 0 aromatic heterocycles. The van der Waals surface area contributed by atoms with Crippen LogP contribution in [0.4, 0.5) is 0 Å². The number of unbranched alkanes of at least 4 members (excludes halogenated alkanes) is 24. The summed E-state index contributed by atoms with van der Waals surface area (Å²) in [4.78, 5) is 38.1. The fourth-order valence-corrected chi connectivity index (χ4v) is 7.39. The minimum atomic E-state index is -0.806. The Morgan fingerprint density at radius 2 is 0.545 bits per heavy atom. The maximum absolute atomic E-state index is 12.8. The van der Waals surface area contributed by atoms with Gasteiger partial charge < -0.3 is 14.2 Å². The highest BCUT2D eigenvalue weighted by atomic mass is 16.6. The van der Waals surface area contributed by atoms with Gasteiger partial charge in [0.15, 0.2) is 6.10 Å². The van der Waals surface area contributed by atoms with Crippen LogP contribution in [-0.2, 0) is 28.6 Å². The molecule has 0 saturated carbocycles. The number of carbonyl (C=O) groups is 3. The van der Waals surface area contributed by atoms with Crippen molar-refractivity contribution in [2.75, 3.05) is 13.2 Å². The van der Waals surface area contributed by atoms with Crippen LogP contribution in [-0.4, -0.2) is 37.2 Å². The van der Waals surface area contributed by atoms with E-state index in [9.17, 15) is 14.4 Å². The van der Waals surface area contributed by atoms with Crippen LogP contribution in [0.1, 0.15) is 258 Å². The van der Waals surface area contributed by atoms with Gasteiger partial charge in [0, 0.05) is 19.3 Å². The van der Waals surface area contributed by atoms with Gasteiger partial charge in [-0.1, -0.05) is 202 Å². The third-order valence-corrected chi connectivity index (χ3v) is 11.6. The summed E-state index contributed by atoms with van der Waals surface area (Å²) >= 11 is 0. The van der Waals surface area contributed by atoms with Crippen molar-refractivity contribution < 1.29 is 28.6 Å². The van der Waals surface area contributed by atoms with Crippen molar-refractivity contribution >= 4 is 17.9 Å². The molecule has 6 heteroatoms. The Hall–Kier alpha value is -3.41. The van der Waals surface area contributed by atoms with Gasteiger partial charge in [0.05, 0.1) is 0 Å². The lowest BCUT2D eigenvalue weighted by Gasteiger charge is -2.18. The first-order chi connectivity index (χ1) is 32.5. The average Bonchev–Trinajstić information content (AvgIpc) is 3.31. The van der Waals surface area contributed by atoms with Gasteiger partial charge in [-0.2, -0.15) is 0 Å². The van der Waals surface area contributed by atoms with Gasteiger partial charge in [0.1, 0.15) is 13.2 Å². The van der Waals surface area contributed by atoms with E-state index in [2.05, 4.69) is 106 Å². The maximum atomic E-state index is 12.8. The van der Waals surface area contributed by atoms with Crippen molar-refractivity contribution in [2.24, 2.45) is 0 Å². The number of esters is 3. The summed E-state index contributed by atoms with van der Waals surface area (Å²) in [5.41, 5.74) is 0. The molecule has 0 aliphatic heterocycles. The first-order valence-corrected chi connectivity index (χ1v) is 27.6. The second-order valence-electron chi connectivity index (χ2n) is 18.1. The van der Waals surface area contributed by atoms with Crippen molar-refractivity contribution in [3.63, 3.8) is 0 Å². The van der Waals surface area contributed by atoms with Gasteiger partial charge in [-0.25, -0.2) is 0 Å². The molecule has 0 amide bonds. The van der Waals surface area contributed by atoms with Crippen LogP contribution >= 0.6 is 0 Å². The number of allylic oxidation sites excluding steroid dienone is 14. The minimum Gasteiger partial charge on any atom is -0.462 e. The third-order valence-electron chi connectivity index (χ3n) is 11.6. The zero-order valence-electron chi connectivity index (χ0n) is 43.2. The molecule has 0 saturated heterocycles. The highest BCUT2D eigenvalue weighted by Crippen LogP contribution is 2.13. The topological polar surface area (TPSA) is 78.9 Å². The normalized spacial score (nSPS) is 12.7. The van der Waals surface area contributed by atoms with E-state index in [-0.39, 0.29) is 31.1 Å². The van der Waals surface area contributed by atoms with E-state index in [1.807, 2.05) is 0 Å². The molecule has 0 fully saturated rings. The SMILES string of the molecule is CCCCC/C=C\C/C=C\C/C=C\CCCCCCC(=O)OC[C@@H](COC(=O)CCCC/C=C\C/C=C\C/C=C\CCCCC)OC(=O)CCCCCCC/C=C\CCCCCCCCC. The molecule has 0 spiro atoms. The minimum absolute atomic E-state index is 0.104. The van der Waals surface area contributed by atoms with E-state index in [4.69, 9.17) is 14.2 Å². The van der Waals surface area contributed by atoms with Gasteiger partial charge in [-0.05, 0) is 122 Å². The van der Waals surface area contributed by atoms with E-state index >= 15 is 0 Å². The van der Waals surface area contributed by atoms with E-state index in [1.165, 1.54) is 109 Å². The Morgan fingerprint density at radius 3 is 0.924 bits per heavy atom. The van der Waals surface area contributed by atoms with Crippen LogP contribution in [0.15, 0.2) is 85.1 Å². The molecule has 0 bridgehead atoms. The first kappa shape index (κ1) is 62.6. The van der Waals surface area contributed by atoms with Crippen LogP contribution in [0, 0.1) is 0 Å². The highest BCUT2D eigenvalue weighted by molar-refractivity contribution is 5.71. The molecule has 0 radical (unpaired) electrons. The van der Waals surface area contributed by atoms with Gasteiger partial charge in [0.2, 0.25) is 0 Å². The van der Waals surface area contributed by atoms with Crippen LogP contribution in [0.25, 0.3) is 0 Å². The summed E-state index contributed by atoms with van der Waals surface area (Å²) in [6.45, 7) is 6.52. The number of hydrogen-bond acceptors (Lipinski definition) is 6. The molecule has 0 N–H and O–H groups in total. The lowest BCUT2D eigenvalue weighted by Crippen LogP contribution is -2.30. The molecular formula is C60H102O6. The van der Waals surface area contributed by atoms with Crippen LogP contribution < -0.4 is 0 Å². The number of carbonyl (C=O) groups excluding carboxylic acids is 3. The number of hydrogen-bond donors (Lipinski definition) is 0. The van der Waals surface area contributed by atoms with E-state index in [1.54, 1.807) is 0 Å². The fraction of sp³-hybridized carbons (Fsp3) is 0.717. The number of ether oxygens (including phenoxy) is 3. The van der Waals surface area contributed by atoms with Crippen LogP contribution in [0.3, 0.4) is 0 Å². The van der Waals surface area contributed by atoms with Crippen LogP contribution in [0.2, 0.25) is 0 Å². The molecule has 0 aliphatic carbocycles.